The van der Waals surface area contributed by atoms with Gasteiger partial charge in [0.2, 0.25) is 0 Å². The Hall–Kier alpha value is -0.480. The van der Waals surface area contributed by atoms with Crippen molar-refractivity contribution in [3.63, 3.8) is 0 Å². The summed E-state index contributed by atoms with van der Waals surface area (Å²) in [5.41, 5.74) is 0. The lowest BCUT2D eigenvalue weighted by molar-refractivity contribution is -0.0278. The van der Waals surface area contributed by atoms with Gasteiger partial charge in [-0.25, -0.2) is 0 Å². The summed E-state index contributed by atoms with van der Waals surface area (Å²) in [5, 5.41) is 8.56. The molecule has 0 spiro atoms. The molecule has 12 nitrogen and oxygen atoms in total. The van der Waals surface area contributed by atoms with Crippen LogP contribution in [0.5, 0.6) is 0 Å². The Morgan fingerprint density at radius 3 is 0.658 bits per heavy atom. The molecule has 0 bridgehead atoms. The molecular formula is C26H54O12. The summed E-state index contributed by atoms with van der Waals surface area (Å²) in [6.45, 7) is 13.9. The maximum absolute atomic E-state index is 8.56. The first-order valence-electron chi connectivity index (χ1n) is 13.9. The molecule has 38 heavy (non-hydrogen) atoms. The van der Waals surface area contributed by atoms with Crippen molar-refractivity contribution in [3.05, 3.63) is 0 Å². The number of unbranched alkanes of at least 4 members (excludes halogenated alkanes) is 1. The lowest BCUT2D eigenvalue weighted by Gasteiger charge is -2.09. The Labute approximate surface area is 229 Å². The summed E-state index contributed by atoms with van der Waals surface area (Å²) < 4.78 is 59.3. The van der Waals surface area contributed by atoms with Gasteiger partial charge in [-0.15, -0.1) is 0 Å². The highest BCUT2D eigenvalue weighted by Gasteiger charge is 1.96. The molecule has 230 valence electrons. The van der Waals surface area contributed by atoms with Gasteiger partial charge < -0.3 is 57.2 Å². The van der Waals surface area contributed by atoms with Gasteiger partial charge >= 0.3 is 0 Å². The molecule has 0 unspecified atom stereocenters. The quantitative estimate of drug-likeness (QED) is 0.112. The molecule has 0 aromatic carbocycles. The minimum atomic E-state index is 0.0284. The van der Waals surface area contributed by atoms with Gasteiger partial charge in [-0.05, 0) is 6.42 Å². The second-order valence-corrected chi connectivity index (χ2v) is 7.81. The Balaban J connectivity index is 3.01. The molecule has 0 amide bonds. The van der Waals surface area contributed by atoms with E-state index in [9.17, 15) is 0 Å². The zero-order valence-corrected chi connectivity index (χ0v) is 23.6. The summed E-state index contributed by atoms with van der Waals surface area (Å²) in [5.74, 6) is 0. The normalized spacial score (nSPS) is 11.5. The van der Waals surface area contributed by atoms with Crippen LogP contribution in [0.1, 0.15) is 19.8 Å². The van der Waals surface area contributed by atoms with Crippen LogP contribution in [0.25, 0.3) is 0 Å². The molecule has 0 radical (unpaired) electrons. The van der Waals surface area contributed by atoms with Gasteiger partial charge in [-0.1, -0.05) is 13.3 Å². The first-order chi connectivity index (χ1) is 18.9. The third-order valence-electron chi connectivity index (χ3n) is 4.60. The van der Waals surface area contributed by atoms with Crippen molar-refractivity contribution >= 4 is 0 Å². The summed E-state index contributed by atoms with van der Waals surface area (Å²) >= 11 is 0. The molecule has 0 saturated carbocycles. The van der Waals surface area contributed by atoms with Gasteiger partial charge in [0.1, 0.15) is 0 Å². The zero-order chi connectivity index (χ0) is 27.5. The van der Waals surface area contributed by atoms with Crippen LogP contribution in [-0.2, 0) is 52.1 Å². The minimum absolute atomic E-state index is 0.0284. The topological polar surface area (TPSA) is 122 Å². The third-order valence-corrected chi connectivity index (χ3v) is 4.60. The second kappa shape index (κ2) is 36.5. The van der Waals surface area contributed by atoms with E-state index in [4.69, 9.17) is 57.2 Å². The number of aliphatic hydroxyl groups excluding tert-OH is 1. The number of rotatable bonds is 35. The van der Waals surface area contributed by atoms with E-state index in [1.165, 1.54) is 0 Å². The fourth-order valence-electron chi connectivity index (χ4n) is 2.61. The maximum atomic E-state index is 8.56. The van der Waals surface area contributed by atoms with Crippen molar-refractivity contribution in [2.24, 2.45) is 0 Å². The van der Waals surface area contributed by atoms with E-state index < -0.39 is 0 Å². The Morgan fingerprint density at radius 2 is 0.474 bits per heavy atom. The molecule has 0 atom stereocenters. The summed E-state index contributed by atoms with van der Waals surface area (Å²) in [4.78, 5) is 0. The average molecular weight is 559 g/mol. The van der Waals surface area contributed by atoms with Crippen molar-refractivity contribution < 1.29 is 57.2 Å². The van der Waals surface area contributed by atoms with Crippen LogP contribution in [0, 0.1) is 0 Å². The van der Waals surface area contributed by atoms with Crippen LogP contribution in [0.15, 0.2) is 0 Å². The van der Waals surface area contributed by atoms with Crippen LogP contribution >= 0.6 is 0 Å². The monoisotopic (exact) mass is 558 g/mol. The Morgan fingerprint density at radius 1 is 0.289 bits per heavy atom. The first kappa shape index (κ1) is 37.5. The Kier molecular flexibility index (Phi) is 36.1. The van der Waals surface area contributed by atoms with Gasteiger partial charge in [-0.3, -0.25) is 0 Å². The van der Waals surface area contributed by atoms with Crippen molar-refractivity contribution in [1.82, 2.24) is 0 Å². The fourth-order valence-corrected chi connectivity index (χ4v) is 2.61. The standard InChI is InChI=1S/C26H54O12/c1-2-3-5-28-7-9-30-11-13-32-15-17-34-19-21-36-23-25-38-26-24-37-22-20-35-18-16-33-14-12-31-10-8-29-6-4-27/h27H,2-26H2,1H3. The number of aliphatic hydroxyl groups is 1. The van der Waals surface area contributed by atoms with Crippen LogP contribution in [0.3, 0.4) is 0 Å². The van der Waals surface area contributed by atoms with Crippen molar-refractivity contribution in [2.45, 2.75) is 19.8 Å². The van der Waals surface area contributed by atoms with Crippen LogP contribution in [-0.4, -0.2) is 157 Å². The van der Waals surface area contributed by atoms with Gasteiger partial charge in [0.05, 0.1) is 145 Å². The molecule has 0 rings (SSSR count). The van der Waals surface area contributed by atoms with E-state index in [1.54, 1.807) is 0 Å². The van der Waals surface area contributed by atoms with Crippen LogP contribution in [0.2, 0.25) is 0 Å². The second-order valence-electron chi connectivity index (χ2n) is 7.81. The molecule has 0 saturated heterocycles. The third kappa shape index (κ3) is 35.5. The van der Waals surface area contributed by atoms with Crippen LogP contribution in [0.4, 0.5) is 0 Å². The molecule has 0 aliphatic rings. The lowest BCUT2D eigenvalue weighted by Crippen LogP contribution is -2.15. The molecule has 1 N–H and O–H groups in total. The molecule has 0 fully saturated rings. The first-order valence-corrected chi connectivity index (χ1v) is 13.9. The SMILES string of the molecule is CCCCOCCOCCOCCOCCOCCOCCOCCOCCOCCOCCOCCO. The van der Waals surface area contributed by atoms with Crippen LogP contribution < -0.4 is 0 Å². The fraction of sp³-hybridized carbons (Fsp3) is 1.00. The zero-order valence-electron chi connectivity index (χ0n) is 23.6. The van der Waals surface area contributed by atoms with Crippen molar-refractivity contribution in [1.29, 1.82) is 0 Å². The maximum Gasteiger partial charge on any atom is 0.0701 e. The van der Waals surface area contributed by atoms with Crippen molar-refractivity contribution in [3.8, 4) is 0 Å². The molecule has 0 aliphatic carbocycles. The van der Waals surface area contributed by atoms with E-state index in [2.05, 4.69) is 6.92 Å². The molecular weight excluding hydrogens is 504 g/mol. The van der Waals surface area contributed by atoms with E-state index in [1.807, 2.05) is 0 Å². The highest BCUT2D eigenvalue weighted by atomic mass is 16.6. The minimum Gasteiger partial charge on any atom is -0.394 e. The highest BCUT2D eigenvalue weighted by molar-refractivity contribution is 4.39. The van der Waals surface area contributed by atoms with Gasteiger partial charge in [0, 0.05) is 6.61 Å². The predicted octanol–water partition coefficient (Wildman–Crippen LogP) is 0.961. The molecule has 0 aromatic heterocycles. The summed E-state index contributed by atoms with van der Waals surface area (Å²) in [7, 11) is 0. The average Bonchev–Trinajstić information content (AvgIpc) is 2.93. The Bertz CT molecular complexity index is 370. The molecule has 0 aromatic rings. The number of hydrogen-bond acceptors (Lipinski definition) is 12. The summed E-state index contributed by atoms with van der Waals surface area (Å²) in [6, 6.07) is 0. The molecule has 12 heteroatoms. The van der Waals surface area contributed by atoms with E-state index in [0.717, 1.165) is 19.4 Å². The lowest BCUT2D eigenvalue weighted by atomic mass is 10.4. The van der Waals surface area contributed by atoms with E-state index in [0.29, 0.717) is 139 Å². The van der Waals surface area contributed by atoms with E-state index in [-0.39, 0.29) is 6.61 Å². The predicted molar refractivity (Wildman–Crippen MR) is 141 cm³/mol. The van der Waals surface area contributed by atoms with E-state index >= 15 is 0 Å². The smallest absolute Gasteiger partial charge is 0.0701 e. The van der Waals surface area contributed by atoms with Gasteiger partial charge in [0.25, 0.3) is 0 Å². The molecule has 0 heterocycles. The van der Waals surface area contributed by atoms with Crippen molar-refractivity contribution in [2.75, 3.05) is 152 Å². The summed E-state index contributed by atoms with van der Waals surface area (Å²) in [6.07, 6.45) is 2.24. The largest absolute Gasteiger partial charge is 0.394 e. The number of ether oxygens (including phenoxy) is 11. The van der Waals surface area contributed by atoms with Gasteiger partial charge in [-0.2, -0.15) is 0 Å². The molecule has 0 aliphatic heterocycles. The number of hydrogen-bond donors (Lipinski definition) is 1. The van der Waals surface area contributed by atoms with Gasteiger partial charge in [0.15, 0.2) is 0 Å². The highest BCUT2D eigenvalue weighted by Crippen LogP contribution is 1.89.